The maximum atomic E-state index is 4.44. The van der Waals surface area contributed by atoms with E-state index < -0.39 is 0 Å². The van der Waals surface area contributed by atoms with Crippen molar-refractivity contribution in [3.63, 3.8) is 0 Å². The van der Waals surface area contributed by atoms with E-state index in [1.165, 1.54) is 17.1 Å². The molecule has 0 radical (unpaired) electrons. The predicted octanol–water partition coefficient (Wildman–Crippen LogP) is 3.54. The van der Waals surface area contributed by atoms with Gasteiger partial charge in [-0.2, -0.15) is 4.37 Å². The van der Waals surface area contributed by atoms with Crippen LogP contribution in [0.25, 0.3) is 0 Å². The standard InChI is InChI=1S/C14H19N3S/c1-2-7-13-16-14(18-17-13)15-11-6-10-12-8-4-3-5-9-12/h3-5,8-9H,2,6-7,10-11H2,1H3,(H,15,16,17). The quantitative estimate of drug-likeness (QED) is 0.775. The summed E-state index contributed by atoms with van der Waals surface area (Å²) in [6.07, 6.45) is 4.30. The van der Waals surface area contributed by atoms with Gasteiger partial charge in [0.25, 0.3) is 0 Å². The Morgan fingerprint density at radius 1 is 1.17 bits per heavy atom. The van der Waals surface area contributed by atoms with Crippen LogP contribution in [0.4, 0.5) is 5.13 Å². The minimum absolute atomic E-state index is 0.950. The third-order valence-electron chi connectivity index (χ3n) is 2.70. The van der Waals surface area contributed by atoms with Crippen LogP contribution in [0.2, 0.25) is 0 Å². The number of aromatic nitrogens is 2. The first-order valence-corrected chi connectivity index (χ1v) is 7.26. The van der Waals surface area contributed by atoms with Gasteiger partial charge in [0.05, 0.1) is 0 Å². The maximum absolute atomic E-state index is 4.44. The molecule has 1 aromatic heterocycles. The minimum Gasteiger partial charge on any atom is -0.360 e. The van der Waals surface area contributed by atoms with Crippen LogP contribution in [-0.4, -0.2) is 15.9 Å². The smallest absolute Gasteiger partial charge is 0.202 e. The molecule has 0 unspecified atom stereocenters. The molecular formula is C14H19N3S. The molecule has 0 atom stereocenters. The van der Waals surface area contributed by atoms with Crippen molar-refractivity contribution in [3.05, 3.63) is 41.7 Å². The number of nitrogens with one attached hydrogen (secondary N) is 1. The van der Waals surface area contributed by atoms with E-state index in [0.717, 1.165) is 43.2 Å². The SMILES string of the molecule is CCCc1nsc(NCCCc2ccccc2)n1. The highest BCUT2D eigenvalue weighted by Crippen LogP contribution is 2.12. The molecule has 1 N–H and O–H groups in total. The summed E-state index contributed by atoms with van der Waals surface area (Å²) in [5.74, 6) is 0.966. The molecule has 1 aromatic carbocycles. The van der Waals surface area contributed by atoms with Gasteiger partial charge in [-0.3, -0.25) is 0 Å². The lowest BCUT2D eigenvalue weighted by molar-refractivity contribution is 0.847. The third-order valence-corrected chi connectivity index (χ3v) is 3.41. The van der Waals surface area contributed by atoms with E-state index in [4.69, 9.17) is 0 Å². The summed E-state index contributed by atoms with van der Waals surface area (Å²) in [4.78, 5) is 4.44. The van der Waals surface area contributed by atoms with Crippen molar-refractivity contribution < 1.29 is 0 Å². The van der Waals surface area contributed by atoms with Crippen LogP contribution in [0.5, 0.6) is 0 Å². The first-order chi connectivity index (χ1) is 8.88. The van der Waals surface area contributed by atoms with E-state index in [-0.39, 0.29) is 0 Å². The molecule has 0 aliphatic heterocycles. The number of hydrogen-bond acceptors (Lipinski definition) is 4. The van der Waals surface area contributed by atoms with Crippen molar-refractivity contribution >= 4 is 16.7 Å². The molecule has 18 heavy (non-hydrogen) atoms. The van der Waals surface area contributed by atoms with E-state index in [1.807, 2.05) is 0 Å². The van der Waals surface area contributed by atoms with Crippen LogP contribution in [0.1, 0.15) is 31.2 Å². The molecule has 0 fully saturated rings. The van der Waals surface area contributed by atoms with Gasteiger partial charge in [0.15, 0.2) is 0 Å². The summed E-state index contributed by atoms with van der Waals surface area (Å²) >= 11 is 1.46. The molecule has 0 spiro atoms. The molecule has 0 bridgehead atoms. The first-order valence-electron chi connectivity index (χ1n) is 6.49. The molecule has 0 aliphatic carbocycles. The summed E-state index contributed by atoms with van der Waals surface area (Å²) in [5, 5.41) is 4.29. The second-order valence-electron chi connectivity index (χ2n) is 4.28. The summed E-state index contributed by atoms with van der Waals surface area (Å²) in [6.45, 7) is 3.10. The predicted molar refractivity (Wildman–Crippen MR) is 77.2 cm³/mol. The maximum Gasteiger partial charge on any atom is 0.202 e. The number of anilines is 1. The Balaban J connectivity index is 1.68. The van der Waals surface area contributed by atoms with Crippen molar-refractivity contribution in [1.82, 2.24) is 9.36 Å². The van der Waals surface area contributed by atoms with Crippen molar-refractivity contribution in [2.75, 3.05) is 11.9 Å². The van der Waals surface area contributed by atoms with Crippen molar-refractivity contribution in [1.29, 1.82) is 0 Å². The fraction of sp³-hybridized carbons (Fsp3) is 0.429. The van der Waals surface area contributed by atoms with Crippen molar-refractivity contribution in [3.8, 4) is 0 Å². The molecule has 2 aromatic rings. The summed E-state index contributed by atoms with van der Waals surface area (Å²) < 4.78 is 4.31. The second-order valence-corrected chi connectivity index (χ2v) is 5.03. The topological polar surface area (TPSA) is 37.8 Å². The van der Waals surface area contributed by atoms with Crippen LogP contribution in [0.3, 0.4) is 0 Å². The van der Waals surface area contributed by atoms with Crippen LogP contribution in [-0.2, 0) is 12.8 Å². The molecule has 0 saturated heterocycles. The second kappa shape index (κ2) is 7.11. The van der Waals surface area contributed by atoms with Gasteiger partial charge in [0.2, 0.25) is 5.13 Å². The molecule has 2 rings (SSSR count). The highest BCUT2D eigenvalue weighted by atomic mass is 32.1. The summed E-state index contributed by atoms with van der Waals surface area (Å²) in [6, 6.07) is 10.6. The van der Waals surface area contributed by atoms with Gasteiger partial charge in [0, 0.05) is 24.5 Å². The van der Waals surface area contributed by atoms with Gasteiger partial charge < -0.3 is 5.32 Å². The number of nitrogens with zero attached hydrogens (tertiary/aromatic N) is 2. The largest absolute Gasteiger partial charge is 0.360 e. The lowest BCUT2D eigenvalue weighted by Crippen LogP contribution is -2.02. The van der Waals surface area contributed by atoms with E-state index in [9.17, 15) is 0 Å². The molecule has 0 saturated carbocycles. The number of benzene rings is 1. The Morgan fingerprint density at radius 3 is 2.78 bits per heavy atom. The molecule has 1 heterocycles. The zero-order chi connectivity index (χ0) is 12.6. The Bertz CT molecular complexity index is 453. The zero-order valence-electron chi connectivity index (χ0n) is 10.7. The van der Waals surface area contributed by atoms with Crippen LogP contribution in [0.15, 0.2) is 30.3 Å². The Labute approximate surface area is 112 Å². The Morgan fingerprint density at radius 2 is 2.00 bits per heavy atom. The van der Waals surface area contributed by atoms with Crippen LogP contribution >= 0.6 is 11.5 Å². The highest BCUT2D eigenvalue weighted by Gasteiger charge is 2.01. The van der Waals surface area contributed by atoms with E-state index in [0.29, 0.717) is 0 Å². The van der Waals surface area contributed by atoms with Crippen molar-refractivity contribution in [2.45, 2.75) is 32.6 Å². The monoisotopic (exact) mass is 261 g/mol. The highest BCUT2D eigenvalue weighted by molar-refractivity contribution is 7.09. The first kappa shape index (κ1) is 13.0. The normalized spacial score (nSPS) is 10.5. The molecule has 3 nitrogen and oxygen atoms in total. The number of rotatable bonds is 7. The molecule has 0 amide bonds. The van der Waals surface area contributed by atoms with Gasteiger partial charge in [-0.15, -0.1) is 0 Å². The van der Waals surface area contributed by atoms with Gasteiger partial charge in [-0.1, -0.05) is 37.3 Å². The zero-order valence-corrected chi connectivity index (χ0v) is 11.5. The van der Waals surface area contributed by atoms with Crippen molar-refractivity contribution in [2.24, 2.45) is 0 Å². The van der Waals surface area contributed by atoms with Gasteiger partial charge in [0.1, 0.15) is 5.82 Å². The number of hydrogen-bond donors (Lipinski definition) is 1. The molecule has 96 valence electrons. The Kier molecular flexibility index (Phi) is 5.15. The lowest BCUT2D eigenvalue weighted by atomic mass is 10.1. The fourth-order valence-corrected chi connectivity index (χ4v) is 2.42. The third kappa shape index (κ3) is 4.11. The number of aryl methyl sites for hydroxylation is 2. The fourth-order valence-electron chi connectivity index (χ4n) is 1.78. The van der Waals surface area contributed by atoms with Crippen LogP contribution in [0, 0.1) is 0 Å². The Hall–Kier alpha value is -1.42. The lowest BCUT2D eigenvalue weighted by Gasteiger charge is -2.02. The van der Waals surface area contributed by atoms with Crippen LogP contribution < -0.4 is 5.32 Å². The molecule has 4 heteroatoms. The summed E-state index contributed by atoms with van der Waals surface area (Å²) in [5.41, 5.74) is 1.39. The van der Waals surface area contributed by atoms with E-state index in [1.54, 1.807) is 0 Å². The van der Waals surface area contributed by atoms with Gasteiger partial charge >= 0.3 is 0 Å². The minimum atomic E-state index is 0.950. The summed E-state index contributed by atoms with van der Waals surface area (Å²) in [7, 11) is 0. The van der Waals surface area contributed by atoms with Gasteiger partial charge in [-0.25, -0.2) is 4.98 Å². The average Bonchev–Trinajstić information content (AvgIpc) is 2.84. The van der Waals surface area contributed by atoms with E-state index >= 15 is 0 Å². The van der Waals surface area contributed by atoms with Gasteiger partial charge in [-0.05, 0) is 24.8 Å². The average molecular weight is 261 g/mol. The molecular weight excluding hydrogens is 242 g/mol. The molecule has 0 aliphatic rings. The van der Waals surface area contributed by atoms with E-state index in [2.05, 4.69) is 51.9 Å².